The summed E-state index contributed by atoms with van der Waals surface area (Å²) in [5.74, 6) is 0.524. The zero-order valence-electron chi connectivity index (χ0n) is 11.7. The molecule has 1 fully saturated rings. The molecule has 4 nitrogen and oxygen atoms in total. The van der Waals surface area contributed by atoms with E-state index in [2.05, 4.69) is 24.5 Å². The van der Waals surface area contributed by atoms with Crippen LogP contribution in [-0.4, -0.2) is 37.7 Å². The summed E-state index contributed by atoms with van der Waals surface area (Å²) in [4.78, 5) is 11.9. The topological polar surface area (TPSA) is 50.4 Å². The average Bonchev–Trinajstić information content (AvgIpc) is 2.32. The lowest BCUT2D eigenvalue weighted by Gasteiger charge is -2.31. The summed E-state index contributed by atoms with van der Waals surface area (Å²) in [5, 5.41) is 6.42. The molecule has 0 aromatic carbocycles. The second kappa shape index (κ2) is 9.59. The van der Waals surface area contributed by atoms with Gasteiger partial charge < -0.3 is 15.4 Å². The lowest BCUT2D eigenvalue weighted by Crippen LogP contribution is -2.50. The van der Waals surface area contributed by atoms with Gasteiger partial charge in [0.1, 0.15) is 6.10 Å². The van der Waals surface area contributed by atoms with Crippen LogP contribution in [0.3, 0.4) is 0 Å². The highest BCUT2D eigenvalue weighted by Crippen LogP contribution is 2.10. The van der Waals surface area contributed by atoms with Crippen molar-refractivity contribution < 1.29 is 9.53 Å². The third-order valence-corrected chi connectivity index (χ3v) is 3.35. The predicted octanol–water partition coefficient (Wildman–Crippen LogP) is 1.73. The second-order valence-electron chi connectivity index (χ2n) is 4.95. The van der Waals surface area contributed by atoms with Gasteiger partial charge in [-0.1, -0.05) is 20.3 Å². The highest BCUT2D eigenvalue weighted by molar-refractivity contribution is 5.85. The molecule has 5 heteroatoms. The number of hydrogen-bond acceptors (Lipinski definition) is 3. The quantitative estimate of drug-likeness (QED) is 0.728. The van der Waals surface area contributed by atoms with Crippen molar-refractivity contribution in [3.8, 4) is 0 Å². The van der Waals surface area contributed by atoms with Crippen molar-refractivity contribution >= 4 is 18.3 Å². The Morgan fingerprint density at radius 2 is 2.28 bits per heavy atom. The van der Waals surface area contributed by atoms with Crippen LogP contribution in [0.1, 0.15) is 40.0 Å². The number of nitrogens with one attached hydrogen (secondary N) is 2. The van der Waals surface area contributed by atoms with Crippen molar-refractivity contribution in [3.05, 3.63) is 0 Å². The SMILES string of the molecule is CCCCOC(C)C(=O)NC1CCNCC1C.Cl. The van der Waals surface area contributed by atoms with E-state index in [0.717, 1.165) is 32.4 Å². The van der Waals surface area contributed by atoms with Crippen LogP contribution < -0.4 is 10.6 Å². The predicted molar refractivity (Wildman–Crippen MR) is 76.2 cm³/mol. The van der Waals surface area contributed by atoms with E-state index in [-0.39, 0.29) is 24.4 Å². The Hall–Kier alpha value is -0.320. The van der Waals surface area contributed by atoms with Crippen LogP contribution in [0, 0.1) is 5.92 Å². The Morgan fingerprint density at radius 3 is 2.89 bits per heavy atom. The molecule has 0 spiro atoms. The fraction of sp³-hybridized carbons (Fsp3) is 0.923. The third kappa shape index (κ3) is 6.03. The maximum absolute atomic E-state index is 11.9. The Labute approximate surface area is 117 Å². The molecule has 0 saturated carbocycles. The molecule has 1 heterocycles. The minimum Gasteiger partial charge on any atom is -0.369 e. The molecule has 1 aliphatic heterocycles. The summed E-state index contributed by atoms with van der Waals surface area (Å²) < 4.78 is 5.49. The van der Waals surface area contributed by atoms with Crippen molar-refractivity contribution in [3.63, 3.8) is 0 Å². The first-order valence-corrected chi connectivity index (χ1v) is 6.77. The smallest absolute Gasteiger partial charge is 0.249 e. The molecule has 0 aliphatic carbocycles. The van der Waals surface area contributed by atoms with Gasteiger partial charge in [-0.15, -0.1) is 12.4 Å². The number of halogens is 1. The number of carbonyl (C=O) groups excluding carboxylic acids is 1. The molecule has 0 aromatic heterocycles. The van der Waals surface area contributed by atoms with Crippen LogP contribution in [0.4, 0.5) is 0 Å². The zero-order chi connectivity index (χ0) is 12.7. The summed E-state index contributed by atoms with van der Waals surface area (Å²) in [6.07, 6.45) is 2.79. The van der Waals surface area contributed by atoms with E-state index in [0.29, 0.717) is 18.6 Å². The van der Waals surface area contributed by atoms with Crippen LogP contribution in [-0.2, 0) is 9.53 Å². The molecular weight excluding hydrogens is 252 g/mol. The van der Waals surface area contributed by atoms with Crippen molar-refractivity contribution in [1.82, 2.24) is 10.6 Å². The zero-order valence-corrected chi connectivity index (χ0v) is 12.5. The fourth-order valence-electron chi connectivity index (χ4n) is 2.01. The van der Waals surface area contributed by atoms with Crippen LogP contribution in [0.25, 0.3) is 0 Å². The molecule has 108 valence electrons. The van der Waals surface area contributed by atoms with Crippen LogP contribution in [0.5, 0.6) is 0 Å². The summed E-state index contributed by atoms with van der Waals surface area (Å²) in [6, 6.07) is 0.293. The second-order valence-corrected chi connectivity index (χ2v) is 4.95. The maximum Gasteiger partial charge on any atom is 0.249 e. The van der Waals surface area contributed by atoms with E-state index in [1.807, 2.05) is 6.92 Å². The molecule has 2 N–H and O–H groups in total. The van der Waals surface area contributed by atoms with Gasteiger partial charge in [0, 0.05) is 12.6 Å². The van der Waals surface area contributed by atoms with Gasteiger partial charge in [-0.2, -0.15) is 0 Å². The van der Waals surface area contributed by atoms with Gasteiger partial charge in [-0.3, -0.25) is 4.79 Å². The Bertz CT molecular complexity index is 239. The van der Waals surface area contributed by atoms with Crippen LogP contribution >= 0.6 is 12.4 Å². The Morgan fingerprint density at radius 1 is 1.56 bits per heavy atom. The molecule has 1 saturated heterocycles. The van der Waals surface area contributed by atoms with Crippen LogP contribution in [0.2, 0.25) is 0 Å². The first-order chi connectivity index (χ1) is 8.15. The summed E-state index contributed by atoms with van der Waals surface area (Å²) in [5.41, 5.74) is 0. The number of ether oxygens (including phenoxy) is 1. The molecule has 1 amide bonds. The number of amides is 1. The van der Waals surface area contributed by atoms with Gasteiger partial charge in [0.05, 0.1) is 0 Å². The minimum absolute atomic E-state index is 0. The fourth-order valence-corrected chi connectivity index (χ4v) is 2.01. The number of unbranched alkanes of at least 4 members (excludes halogenated alkanes) is 1. The van der Waals surface area contributed by atoms with Gasteiger partial charge >= 0.3 is 0 Å². The van der Waals surface area contributed by atoms with Gasteiger partial charge in [0.25, 0.3) is 0 Å². The van der Waals surface area contributed by atoms with E-state index in [9.17, 15) is 4.79 Å². The third-order valence-electron chi connectivity index (χ3n) is 3.35. The van der Waals surface area contributed by atoms with Crippen molar-refractivity contribution in [2.24, 2.45) is 5.92 Å². The van der Waals surface area contributed by atoms with Crippen molar-refractivity contribution in [2.75, 3.05) is 19.7 Å². The molecular formula is C13H27ClN2O2. The molecule has 1 rings (SSSR count). The first kappa shape index (κ1) is 17.7. The molecule has 0 aromatic rings. The van der Waals surface area contributed by atoms with Crippen molar-refractivity contribution in [1.29, 1.82) is 0 Å². The van der Waals surface area contributed by atoms with E-state index >= 15 is 0 Å². The largest absolute Gasteiger partial charge is 0.369 e. The molecule has 0 bridgehead atoms. The molecule has 18 heavy (non-hydrogen) atoms. The first-order valence-electron chi connectivity index (χ1n) is 6.77. The Kier molecular flexibility index (Phi) is 9.42. The molecule has 3 unspecified atom stereocenters. The maximum atomic E-state index is 11.9. The number of rotatable bonds is 6. The minimum atomic E-state index is -0.330. The Balaban J connectivity index is 0.00000289. The standard InChI is InChI=1S/C13H26N2O2.ClH/c1-4-5-8-17-11(3)13(16)15-12-6-7-14-9-10(12)2;/h10-12,14H,4-9H2,1-3H3,(H,15,16);1H. The van der Waals surface area contributed by atoms with Gasteiger partial charge in [-0.25, -0.2) is 0 Å². The molecule has 1 aliphatic rings. The highest BCUT2D eigenvalue weighted by atomic mass is 35.5. The van der Waals surface area contributed by atoms with Crippen molar-refractivity contribution in [2.45, 2.75) is 52.2 Å². The summed E-state index contributed by atoms with van der Waals surface area (Å²) in [7, 11) is 0. The van der Waals surface area contributed by atoms with E-state index in [1.54, 1.807) is 0 Å². The van der Waals surface area contributed by atoms with E-state index in [1.165, 1.54) is 0 Å². The molecule has 0 radical (unpaired) electrons. The lowest BCUT2D eigenvalue weighted by molar-refractivity contribution is -0.133. The summed E-state index contributed by atoms with van der Waals surface area (Å²) in [6.45, 7) is 8.75. The van der Waals surface area contributed by atoms with Gasteiger partial charge in [-0.05, 0) is 38.8 Å². The monoisotopic (exact) mass is 278 g/mol. The summed E-state index contributed by atoms with van der Waals surface area (Å²) >= 11 is 0. The average molecular weight is 279 g/mol. The number of carbonyl (C=O) groups is 1. The normalized spacial score (nSPS) is 25.1. The lowest BCUT2D eigenvalue weighted by atomic mass is 9.95. The molecule has 3 atom stereocenters. The van der Waals surface area contributed by atoms with Crippen LogP contribution in [0.15, 0.2) is 0 Å². The highest BCUT2D eigenvalue weighted by Gasteiger charge is 2.24. The van der Waals surface area contributed by atoms with E-state index in [4.69, 9.17) is 4.74 Å². The number of hydrogen-bond donors (Lipinski definition) is 2. The van der Waals surface area contributed by atoms with Gasteiger partial charge in [0.15, 0.2) is 0 Å². The van der Waals surface area contributed by atoms with Gasteiger partial charge in [0.2, 0.25) is 5.91 Å². The number of piperidine rings is 1. The van der Waals surface area contributed by atoms with E-state index < -0.39 is 0 Å².